The number of carbonyl (C=O) groups is 2. The summed E-state index contributed by atoms with van der Waals surface area (Å²) in [4.78, 5) is 23.8. The number of aliphatic carboxylic acids is 1. The van der Waals surface area contributed by atoms with E-state index in [9.17, 15) is 9.59 Å². The quantitative estimate of drug-likeness (QED) is 0.719. The SMILES string of the molecule is CCC(NC(=O)C12CC3CC(C1)C(N)C(C3)C2)C(=O)O. The molecule has 4 N–H and O–H groups in total. The third-order valence-electron chi connectivity index (χ3n) is 5.84. The van der Waals surface area contributed by atoms with E-state index in [4.69, 9.17) is 10.8 Å². The highest BCUT2D eigenvalue weighted by atomic mass is 16.4. The summed E-state index contributed by atoms with van der Waals surface area (Å²) in [5.74, 6) is 0.539. The first-order valence-electron chi connectivity index (χ1n) is 7.74. The van der Waals surface area contributed by atoms with Crippen molar-refractivity contribution in [1.82, 2.24) is 5.32 Å². The van der Waals surface area contributed by atoms with Crippen LogP contribution >= 0.6 is 0 Å². The predicted molar refractivity (Wildman–Crippen MR) is 73.8 cm³/mol. The summed E-state index contributed by atoms with van der Waals surface area (Å²) in [7, 11) is 0. The van der Waals surface area contributed by atoms with Gasteiger partial charge in [0.05, 0.1) is 5.41 Å². The molecular formula is C15H24N2O3. The molecule has 3 atom stereocenters. The summed E-state index contributed by atoms with van der Waals surface area (Å²) >= 11 is 0. The van der Waals surface area contributed by atoms with Crippen LogP contribution in [0.15, 0.2) is 0 Å². The van der Waals surface area contributed by atoms with Crippen LogP contribution in [-0.2, 0) is 9.59 Å². The zero-order chi connectivity index (χ0) is 14.5. The molecule has 4 saturated carbocycles. The van der Waals surface area contributed by atoms with E-state index >= 15 is 0 Å². The van der Waals surface area contributed by atoms with E-state index in [1.165, 1.54) is 0 Å². The molecule has 0 aliphatic heterocycles. The Balaban J connectivity index is 1.76. The molecule has 112 valence electrons. The first-order chi connectivity index (χ1) is 9.45. The molecule has 20 heavy (non-hydrogen) atoms. The number of nitrogens with two attached hydrogens (primary N) is 1. The third kappa shape index (κ3) is 2.03. The summed E-state index contributed by atoms with van der Waals surface area (Å²) in [6.45, 7) is 1.79. The summed E-state index contributed by atoms with van der Waals surface area (Å²) in [6.07, 6.45) is 5.36. The van der Waals surface area contributed by atoms with Gasteiger partial charge in [0.1, 0.15) is 6.04 Å². The number of carboxylic acids is 1. The zero-order valence-corrected chi connectivity index (χ0v) is 12.0. The lowest BCUT2D eigenvalue weighted by Crippen LogP contribution is -2.61. The minimum absolute atomic E-state index is 0.0435. The smallest absolute Gasteiger partial charge is 0.326 e. The van der Waals surface area contributed by atoms with Crippen molar-refractivity contribution in [2.45, 2.75) is 57.5 Å². The van der Waals surface area contributed by atoms with Crippen molar-refractivity contribution in [3.05, 3.63) is 0 Å². The number of nitrogens with one attached hydrogen (secondary N) is 1. The number of hydrogen-bond acceptors (Lipinski definition) is 3. The van der Waals surface area contributed by atoms with Crippen molar-refractivity contribution in [2.24, 2.45) is 28.9 Å². The standard InChI is InChI=1S/C15H24N2O3/c1-2-11(13(18)19)17-14(20)15-5-8-3-9(6-15)12(16)10(4-8)7-15/h8-12H,2-7,16H2,1H3,(H,17,20)(H,18,19). The van der Waals surface area contributed by atoms with Crippen molar-refractivity contribution in [3.63, 3.8) is 0 Å². The van der Waals surface area contributed by atoms with Crippen molar-refractivity contribution >= 4 is 11.9 Å². The van der Waals surface area contributed by atoms with E-state index in [2.05, 4.69) is 5.32 Å². The molecule has 4 aliphatic carbocycles. The first-order valence-corrected chi connectivity index (χ1v) is 7.74. The number of carbonyl (C=O) groups excluding carboxylic acids is 1. The Hall–Kier alpha value is -1.10. The summed E-state index contributed by atoms with van der Waals surface area (Å²) in [5, 5.41) is 11.9. The summed E-state index contributed by atoms with van der Waals surface area (Å²) < 4.78 is 0. The molecule has 4 aliphatic rings. The van der Waals surface area contributed by atoms with Crippen LogP contribution in [0, 0.1) is 23.2 Å². The van der Waals surface area contributed by atoms with Crippen LogP contribution in [0.25, 0.3) is 0 Å². The lowest BCUT2D eigenvalue weighted by Gasteiger charge is -2.58. The van der Waals surface area contributed by atoms with Gasteiger partial charge in [-0.25, -0.2) is 4.79 Å². The molecule has 0 saturated heterocycles. The fourth-order valence-corrected chi connectivity index (χ4v) is 4.99. The summed E-state index contributed by atoms with van der Waals surface area (Å²) in [5.41, 5.74) is 5.94. The number of rotatable bonds is 4. The molecule has 0 aromatic heterocycles. The molecule has 0 spiro atoms. The van der Waals surface area contributed by atoms with E-state index in [-0.39, 0.29) is 17.4 Å². The van der Waals surface area contributed by atoms with Crippen molar-refractivity contribution in [1.29, 1.82) is 0 Å². The molecule has 0 radical (unpaired) electrons. The molecule has 0 heterocycles. The first kappa shape index (κ1) is 13.9. The zero-order valence-electron chi connectivity index (χ0n) is 12.0. The number of carboxylic acid groups (broad SMARTS) is 1. The van der Waals surface area contributed by atoms with Crippen LogP contribution in [0.5, 0.6) is 0 Å². The van der Waals surface area contributed by atoms with Gasteiger partial charge in [-0.05, 0) is 56.3 Å². The Labute approximate surface area is 119 Å². The van der Waals surface area contributed by atoms with Crippen molar-refractivity contribution in [2.75, 3.05) is 0 Å². The van der Waals surface area contributed by atoms with Crippen LogP contribution < -0.4 is 11.1 Å². The average Bonchev–Trinajstić information content (AvgIpc) is 2.40. The van der Waals surface area contributed by atoms with Crippen molar-refractivity contribution in [3.8, 4) is 0 Å². The van der Waals surface area contributed by atoms with Gasteiger partial charge in [-0.3, -0.25) is 4.79 Å². The normalized spacial score (nSPS) is 43.3. The fraction of sp³-hybridized carbons (Fsp3) is 0.867. The second kappa shape index (κ2) is 4.72. The van der Waals surface area contributed by atoms with Gasteiger partial charge < -0.3 is 16.2 Å². The Morgan fingerprint density at radius 3 is 2.40 bits per heavy atom. The molecule has 1 amide bonds. The second-order valence-corrected chi connectivity index (χ2v) is 7.10. The molecule has 4 bridgehead atoms. The minimum atomic E-state index is -0.942. The van der Waals surface area contributed by atoms with E-state index in [1.807, 2.05) is 0 Å². The van der Waals surface area contributed by atoms with Gasteiger partial charge in [0.2, 0.25) is 5.91 Å². The van der Waals surface area contributed by atoms with Gasteiger partial charge in [-0.15, -0.1) is 0 Å². The third-order valence-corrected chi connectivity index (χ3v) is 5.84. The molecule has 3 unspecified atom stereocenters. The highest BCUT2D eigenvalue weighted by molar-refractivity contribution is 5.87. The lowest BCUT2D eigenvalue weighted by atomic mass is 9.48. The second-order valence-electron chi connectivity index (χ2n) is 7.10. The predicted octanol–water partition coefficient (Wildman–Crippen LogP) is 1.12. The Morgan fingerprint density at radius 1 is 1.30 bits per heavy atom. The Morgan fingerprint density at radius 2 is 1.90 bits per heavy atom. The fourth-order valence-electron chi connectivity index (χ4n) is 4.99. The van der Waals surface area contributed by atoms with Gasteiger partial charge in [-0.2, -0.15) is 0 Å². The van der Waals surface area contributed by atoms with Gasteiger partial charge in [0.25, 0.3) is 0 Å². The average molecular weight is 280 g/mol. The molecule has 5 nitrogen and oxygen atoms in total. The molecule has 0 aromatic rings. The van der Waals surface area contributed by atoms with Gasteiger partial charge >= 0.3 is 5.97 Å². The van der Waals surface area contributed by atoms with Crippen molar-refractivity contribution < 1.29 is 14.7 Å². The molecule has 0 aromatic carbocycles. The molecule has 4 rings (SSSR count). The van der Waals surface area contributed by atoms with E-state index in [0.717, 1.165) is 32.1 Å². The van der Waals surface area contributed by atoms with Gasteiger partial charge in [0.15, 0.2) is 0 Å². The van der Waals surface area contributed by atoms with Gasteiger partial charge in [0, 0.05) is 6.04 Å². The van der Waals surface area contributed by atoms with E-state index in [0.29, 0.717) is 24.2 Å². The maximum atomic E-state index is 12.7. The number of amides is 1. The topological polar surface area (TPSA) is 92.4 Å². The highest BCUT2D eigenvalue weighted by Gasteiger charge is 2.57. The van der Waals surface area contributed by atoms with E-state index in [1.54, 1.807) is 6.92 Å². The monoisotopic (exact) mass is 280 g/mol. The van der Waals surface area contributed by atoms with Crippen LogP contribution in [-0.4, -0.2) is 29.1 Å². The van der Waals surface area contributed by atoms with Gasteiger partial charge in [-0.1, -0.05) is 6.92 Å². The maximum absolute atomic E-state index is 12.7. The summed E-state index contributed by atoms with van der Waals surface area (Å²) in [6, 6.07) is -0.516. The molecular weight excluding hydrogens is 256 g/mol. The Kier molecular flexibility index (Phi) is 3.27. The van der Waals surface area contributed by atoms with Crippen LogP contribution in [0.2, 0.25) is 0 Å². The van der Waals surface area contributed by atoms with E-state index < -0.39 is 12.0 Å². The van der Waals surface area contributed by atoms with Crippen LogP contribution in [0.3, 0.4) is 0 Å². The largest absolute Gasteiger partial charge is 0.480 e. The maximum Gasteiger partial charge on any atom is 0.326 e. The minimum Gasteiger partial charge on any atom is -0.480 e. The highest BCUT2D eigenvalue weighted by Crippen LogP contribution is 2.59. The Bertz CT molecular complexity index is 421. The molecule has 4 fully saturated rings. The lowest BCUT2D eigenvalue weighted by molar-refractivity contribution is -0.152. The van der Waals surface area contributed by atoms with Crippen LogP contribution in [0.1, 0.15) is 45.4 Å². The van der Waals surface area contributed by atoms with Crippen LogP contribution in [0.4, 0.5) is 0 Å². The number of hydrogen-bond donors (Lipinski definition) is 3. The molecule has 5 heteroatoms.